The quantitative estimate of drug-likeness (QED) is 0.835. The van der Waals surface area contributed by atoms with Crippen LogP contribution < -0.4 is 5.73 Å². The Labute approximate surface area is 128 Å². The summed E-state index contributed by atoms with van der Waals surface area (Å²) < 4.78 is 19.5. The van der Waals surface area contributed by atoms with E-state index in [2.05, 4.69) is 15.9 Å². The van der Waals surface area contributed by atoms with Gasteiger partial charge in [0.15, 0.2) is 0 Å². The third-order valence-electron chi connectivity index (χ3n) is 2.95. The van der Waals surface area contributed by atoms with Crippen molar-refractivity contribution in [1.82, 2.24) is 0 Å². The van der Waals surface area contributed by atoms with Gasteiger partial charge in [-0.05, 0) is 30.2 Å². The van der Waals surface area contributed by atoms with Gasteiger partial charge in [0.1, 0.15) is 10.7 Å². The molecule has 0 aliphatic rings. The topological polar surface area (TPSA) is 52.3 Å². The first-order chi connectivity index (χ1) is 9.49. The molecule has 2 rings (SSSR count). The van der Waals surface area contributed by atoms with Crippen molar-refractivity contribution in [2.45, 2.75) is 13.3 Å². The molecule has 6 heteroatoms. The molecule has 3 nitrogen and oxygen atoms in total. The average Bonchev–Trinajstić information content (AvgIpc) is 2.74. The Morgan fingerprint density at radius 3 is 2.75 bits per heavy atom. The van der Waals surface area contributed by atoms with Crippen LogP contribution in [0.2, 0.25) is 0 Å². The molecule has 106 valence electrons. The Kier molecular flexibility index (Phi) is 4.45. The number of hydrogen-bond donors (Lipinski definition) is 1. The summed E-state index contributed by atoms with van der Waals surface area (Å²) in [6.07, 6.45) is 0.615. The molecule has 0 saturated carbocycles. The highest BCUT2D eigenvalue weighted by Crippen LogP contribution is 2.40. The fraction of sp³-hybridized carbons (Fsp3) is 0.214. The highest BCUT2D eigenvalue weighted by atomic mass is 79.9. The summed E-state index contributed by atoms with van der Waals surface area (Å²) in [5.74, 6) is -0.849. The molecule has 0 unspecified atom stereocenters. The van der Waals surface area contributed by atoms with Gasteiger partial charge in [-0.25, -0.2) is 9.18 Å². The second-order valence-corrected chi connectivity index (χ2v) is 6.06. The number of carbonyl (C=O) groups excluding carboxylic acids is 1. The largest absolute Gasteiger partial charge is 0.465 e. The number of benzene rings is 1. The van der Waals surface area contributed by atoms with Crippen molar-refractivity contribution in [3.05, 3.63) is 38.9 Å². The molecule has 0 aliphatic carbocycles. The van der Waals surface area contributed by atoms with E-state index in [1.165, 1.54) is 13.2 Å². The normalized spacial score (nSPS) is 10.6. The summed E-state index contributed by atoms with van der Waals surface area (Å²) in [5, 5.41) is 0. The Bertz CT molecular complexity index is 669. The van der Waals surface area contributed by atoms with E-state index in [9.17, 15) is 9.18 Å². The molecule has 1 aromatic heterocycles. The molecule has 0 radical (unpaired) electrons. The second kappa shape index (κ2) is 5.93. The van der Waals surface area contributed by atoms with E-state index in [4.69, 9.17) is 10.5 Å². The monoisotopic (exact) mass is 357 g/mol. The van der Waals surface area contributed by atoms with E-state index in [1.54, 1.807) is 12.1 Å². The van der Waals surface area contributed by atoms with E-state index in [0.29, 0.717) is 31.9 Å². The SMILES string of the molecule is CCc1c(-c2ccc(Br)cc2F)sc(C(=O)OC)c1N. The molecule has 0 fully saturated rings. The summed E-state index contributed by atoms with van der Waals surface area (Å²) in [6.45, 7) is 1.92. The third kappa shape index (κ3) is 2.58. The van der Waals surface area contributed by atoms with Crippen LogP contribution in [0.3, 0.4) is 0 Å². The number of nitrogen functional groups attached to an aromatic ring is 1. The first-order valence-electron chi connectivity index (χ1n) is 5.94. The summed E-state index contributed by atoms with van der Waals surface area (Å²) in [6, 6.07) is 4.82. The van der Waals surface area contributed by atoms with E-state index in [1.807, 2.05) is 6.92 Å². The molecule has 2 N–H and O–H groups in total. The number of thiophene rings is 1. The lowest BCUT2D eigenvalue weighted by Crippen LogP contribution is -2.02. The van der Waals surface area contributed by atoms with Crippen molar-refractivity contribution in [2.24, 2.45) is 0 Å². The highest BCUT2D eigenvalue weighted by molar-refractivity contribution is 9.10. The van der Waals surface area contributed by atoms with Gasteiger partial charge in [0, 0.05) is 14.9 Å². The zero-order valence-corrected chi connectivity index (χ0v) is 13.4. The summed E-state index contributed by atoms with van der Waals surface area (Å²) >= 11 is 4.38. The van der Waals surface area contributed by atoms with Gasteiger partial charge < -0.3 is 10.5 Å². The van der Waals surface area contributed by atoms with E-state index < -0.39 is 5.97 Å². The zero-order chi connectivity index (χ0) is 14.9. The maximum Gasteiger partial charge on any atom is 0.350 e. The van der Waals surface area contributed by atoms with Crippen molar-refractivity contribution in [2.75, 3.05) is 12.8 Å². The van der Waals surface area contributed by atoms with Crippen LogP contribution in [0.5, 0.6) is 0 Å². The van der Waals surface area contributed by atoms with Crippen molar-refractivity contribution in [3.8, 4) is 10.4 Å². The average molecular weight is 358 g/mol. The first kappa shape index (κ1) is 15.0. The van der Waals surface area contributed by atoms with Gasteiger partial charge in [-0.15, -0.1) is 11.3 Å². The second-order valence-electron chi connectivity index (χ2n) is 4.12. The lowest BCUT2D eigenvalue weighted by molar-refractivity contribution is 0.0607. The first-order valence-corrected chi connectivity index (χ1v) is 7.55. The van der Waals surface area contributed by atoms with Gasteiger partial charge in [0.05, 0.1) is 12.8 Å². The molecular weight excluding hydrogens is 345 g/mol. The van der Waals surface area contributed by atoms with Crippen LogP contribution in [0.15, 0.2) is 22.7 Å². The minimum absolute atomic E-state index is 0.321. The third-order valence-corrected chi connectivity index (χ3v) is 4.70. The van der Waals surface area contributed by atoms with Gasteiger partial charge in [-0.1, -0.05) is 22.9 Å². The number of rotatable bonds is 3. The fourth-order valence-electron chi connectivity index (χ4n) is 1.96. The van der Waals surface area contributed by atoms with Crippen LogP contribution in [0, 0.1) is 5.82 Å². The molecule has 0 amide bonds. The summed E-state index contributed by atoms with van der Waals surface area (Å²) in [5.41, 5.74) is 7.58. The molecule has 0 spiro atoms. The van der Waals surface area contributed by atoms with E-state index in [0.717, 1.165) is 16.9 Å². The van der Waals surface area contributed by atoms with Crippen molar-refractivity contribution in [1.29, 1.82) is 0 Å². The predicted molar refractivity (Wildman–Crippen MR) is 82.5 cm³/mol. The van der Waals surface area contributed by atoms with Crippen LogP contribution in [0.4, 0.5) is 10.1 Å². The van der Waals surface area contributed by atoms with Gasteiger partial charge in [-0.2, -0.15) is 0 Å². The Morgan fingerprint density at radius 1 is 1.50 bits per heavy atom. The lowest BCUT2D eigenvalue weighted by atomic mass is 10.1. The maximum atomic E-state index is 14.1. The fourth-order valence-corrected chi connectivity index (χ4v) is 3.55. The summed E-state index contributed by atoms with van der Waals surface area (Å²) in [7, 11) is 1.30. The van der Waals surface area contributed by atoms with Crippen LogP contribution in [-0.4, -0.2) is 13.1 Å². The standard InChI is InChI=1S/C14H13BrFNO2S/c1-3-8-11(17)13(14(18)19-2)20-12(8)9-5-4-7(15)6-10(9)16/h4-6H,3,17H2,1-2H3. The minimum Gasteiger partial charge on any atom is -0.465 e. The Morgan fingerprint density at radius 2 is 2.20 bits per heavy atom. The zero-order valence-electron chi connectivity index (χ0n) is 11.0. The van der Waals surface area contributed by atoms with Gasteiger partial charge in [-0.3, -0.25) is 0 Å². The molecular formula is C14H13BrFNO2S. The van der Waals surface area contributed by atoms with E-state index >= 15 is 0 Å². The number of anilines is 1. The number of halogens is 2. The van der Waals surface area contributed by atoms with Crippen LogP contribution in [0.25, 0.3) is 10.4 Å². The van der Waals surface area contributed by atoms with E-state index in [-0.39, 0.29) is 5.82 Å². The van der Waals surface area contributed by atoms with Crippen molar-refractivity contribution < 1.29 is 13.9 Å². The molecule has 2 aromatic rings. The van der Waals surface area contributed by atoms with Gasteiger partial charge >= 0.3 is 5.97 Å². The number of esters is 1. The number of methoxy groups -OCH3 is 1. The highest BCUT2D eigenvalue weighted by Gasteiger charge is 2.22. The number of ether oxygens (including phenoxy) is 1. The molecule has 0 aliphatic heterocycles. The smallest absolute Gasteiger partial charge is 0.350 e. The Hall–Kier alpha value is -1.40. The lowest BCUT2D eigenvalue weighted by Gasteiger charge is -2.04. The van der Waals surface area contributed by atoms with Gasteiger partial charge in [0.2, 0.25) is 0 Å². The predicted octanol–water partition coefficient (Wildman–Crippen LogP) is 4.25. The molecule has 0 saturated heterocycles. The maximum absolute atomic E-state index is 14.1. The summed E-state index contributed by atoms with van der Waals surface area (Å²) in [4.78, 5) is 12.7. The number of hydrogen-bond acceptors (Lipinski definition) is 4. The molecule has 1 heterocycles. The van der Waals surface area contributed by atoms with Crippen molar-refractivity contribution in [3.63, 3.8) is 0 Å². The molecule has 0 atom stereocenters. The minimum atomic E-state index is -0.494. The van der Waals surface area contributed by atoms with Crippen molar-refractivity contribution >= 4 is 38.9 Å². The van der Waals surface area contributed by atoms with Gasteiger partial charge in [0.25, 0.3) is 0 Å². The molecule has 20 heavy (non-hydrogen) atoms. The van der Waals surface area contributed by atoms with Crippen LogP contribution in [-0.2, 0) is 11.2 Å². The Balaban J connectivity index is 2.64. The van der Waals surface area contributed by atoms with Crippen LogP contribution in [0.1, 0.15) is 22.2 Å². The van der Waals surface area contributed by atoms with Crippen LogP contribution >= 0.6 is 27.3 Å². The molecule has 0 bridgehead atoms. The number of carbonyl (C=O) groups is 1. The number of nitrogens with two attached hydrogens (primary N) is 1. The molecule has 1 aromatic carbocycles.